The molecule has 2 aliphatic carbocycles. The highest BCUT2D eigenvalue weighted by Crippen LogP contribution is 2.60. The second-order valence-corrected chi connectivity index (χ2v) is 9.02. The van der Waals surface area contributed by atoms with E-state index in [2.05, 4.69) is 6.07 Å². The van der Waals surface area contributed by atoms with E-state index in [0.29, 0.717) is 12.8 Å². The molecule has 1 fully saturated rings. The number of ether oxygens (including phenoxy) is 1. The number of halogens is 4. The van der Waals surface area contributed by atoms with Crippen molar-refractivity contribution < 1.29 is 22.7 Å². The Morgan fingerprint density at radius 1 is 1.10 bits per heavy atom. The van der Waals surface area contributed by atoms with Gasteiger partial charge in [-0.15, -0.1) is 0 Å². The maximum absolute atomic E-state index is 12.8. The van der Waals surface area contributed by atoms with E-state index in [1.165, 1.54) is 0 Å². The predicted octanol–water partition coefficient (Wildman–Crippen LogP) is 6.32. The Morgan fingerprint density at radius 2 is 1.80 bits per heavy atom. The van der Waals surface area contributed by atoms with Crippen LogP contribution < -0.4 is 0 Å². The standard InChI is InChI=1S/C24H22ClF3O2/c1-23(2)19(13-20(25)24(26,27)28)21(23)22(29)30-16-11-15-9-6-10-17(18(15)12-16)14-7-4-3-5-8-14/h3-10,13,16,19,21H,11-12H2,1-2H3/b20-13-/t16-,19?,21+/m0/s1. The Morgan fingerprint density at radius 3 is 2.47 bits per heavy atom. The van der Waals surface area contributed by atoms with Crippen molar-refractivity contribution in [2.75, 3.05) is 0 Å². The first-order chi connectivity index (χ1) is 14.1. The van der Waals surface area contributed by atoms with E-state index in [1.807, 2.05) is 42.5 Å². The lowest BCUT2D eigenvalue weighted by Crippen LogP contribution is -2.21. The molecule has 158 valence electrons. The van der Waals surface area contributed by atoms with E-state index in [0.717, 1.165) is 28.3 Å². The number of allylic oxidation sites excluding steroid dienone is 2. The quantitative estimate of drug-likeness (QED) is 0.526. The Balaban J connectivity index is 1.47. The van der Waals surface area contributed by atoms with Gasteiger partial charge in [0.25, 0.3) is 0 Å². The largest absolute Gasteiger partial charge is 0.461 e. The molecule has 2 aliphatic rings. The minimum Gasteiger partial charge on any atom is -0.461 e. The monoisotopic (exact) mass is 434 g/mol. The summed E-state index contributed by atoms with van der Waals surface area (Å²) in [5.74, 6) is -1.65. The number of carbonyl (C=O) groups is 1. The normalized spacial score (nSPS) is 25.0. The average molecular weight is 435 g/mol. The molecule has 0 heterocycles. The second kappa shape index (κ2) is 7.45. The van der Waals surface area contributed by atoms with Crippen LogP contribution in [0.15, 0.2) is 59.6 Å². The fraction of sp³-hybridized carbons (Fsp3) is 0.375. The molecule has 0 spiro atoms. The molecule has 2 aromatic rings. The second-order valence-electron chi connectivity index (χ2n) is 8.61. The van der Waals surface area contributed by atoms with E-state index in [9.17, 15) is 18.0 Å². The third kappa shape index (κ3) is 3.87. The minimum atomic E-state index is -4.60. The summed E-state index contributed by atoms with van der Waals surface area (Å²) >= 11 is 5.38. The van der Waals surface area contributed by atoms with Crippen LogP contribution in [0.1, 0.15) is 25.0 Å². The van der Waals surface area contributed by atoms with Gasteiger partial charge in [0.05, 0.1) is 5.92 Å². The number of fused-ring (bicyclic) bond motifs is 1. The highest BCUT2D eigenvalue weighted by atomic mass is 35.5. The first-order valence-electron chi connectivity index (χ1n) is 9.90. The summed E-state index contributed by atoms with van der Waals surface area (Å²) in [6, 6.07) is 16.1. The van der Waals surface area contributed by atoms with Crippen LogP contribution in [0.2, 0.25) is 0 Å². The number of rotatable bonds is 4. The maximum atomic E-state index is 12.8. The molecule has 1 saturated carbocycles. The lowest BCUT2D eigenvalue weighted by atomic mass is 9.97. The summed E-state index contributed by atoms with van der Waals surface area (Å²) in [5, 5.41) is -1.18. The Bertz CT molecular complexity index is 995. The van der Waals surface area contributed by atoms with Crippen molar-refractivity contribution in [3.05, 3.63) is 70.8 Å². The summed E-state index contributed by atoms with van der Waals surface area (Å²) in [7, 11) is 0. The van der Waals surface area contributed by atoms with Gasteiger partial charge in [0.2, 0.25) is 0 Å². The number of hydrogen-bond donors (Lipinski definition) is 0. The molecule has 0 bridgehead atoms. The molecule has 0 aromatic heterocycles. The van der Waals surface area contributed by atoms with E-state index in [-0.39, 0.29) is 6.10 Å². The van der Waals surface area contributed by atoms with Gasteiger partial charge in [-0.1, -0.05) is 80.1 Å². The molecule has 0 radical (unpaired) electrons. The van der Waals surface area contributed by atoms with Gasteiger partial charge in [0.15, 0.2) is 0 Å². The molecule has 0 aliphatic heterocycles. The van der Waals surface area contributed by atoms with E-state index >= 15 is 0 Å². The van der Waals surface area contributed by atoms with Gasteiger partial charge in [0, 0.05) is 12.8 Å². The molecule has 0 N–H and O–H groups in total. The summed E-state index contributed by atoms with van der Waals surface area (Å²) in [4.78, 5) is 12.7. The summed E-state index contributed by atoms with van der Waals surface area (Å²) in [5.41, 5.74) is 3.92. The van der Waals surface area contributed by atoms with Crippen LogP contribution in [-0.4, -0.2) is 18.2 Å². The van der Waals surface area contributed by atoms with Crippen LogP contribution in [0.3, 0.4) is 0 Å². The highest BCUT2D eigenvalue weighted by Gasteiger charge is 2.62. The van der Waals surface area contributed by atoms with Gasteiger partial charge in [-0.2, -0.15) is 13.2 Å². The molecule has 1 unspecified atom stereocenters. The Hall–Kier alpha value is -2.27. The van der Waals surface area contributed by atoms with Gasteiger partial charge in [-0.25, -0.2) is 0 Å². The number of esters is 1. The van der Waals surface area contributed by atoms with Gasteiger partial charge in [-0.05, 0) is 33.6 Å². The zero-order chi connectivity index (χ0) is 21.7. The van der Waals surface area contributed by atoms with E-state index in [1.54, 1.807) is 13.8 Å². The van der Waals surface area contributed by atoms with Crippen molar-refractivity contribution in [2.45, 2.75) is 39.0 Å². The molecular weight excluding hydrogens is 413 g/mol. The van der Waals surface area contributed by atoms with Crippen LogP contribution in [-0.2, 0) is 22.4 Å². The van der Waals surface area contributed by atoms with Crippen LogP contribution in [0.5, 0.6) is 0 Å². The zero-order valence-corrected chi connectivity index (χ0v) is 17.4. The van der Waals surface area contributed by atoms with Crippen molar-refractivity contribution >= 4 is 17.6 Å². The first-order valence-corrected chi connectivity index (χ1v) is 10.3. The number of benzene rings is 2. The average Bonchev–Trinajstić information content (AvgIpc) is 3.01. The molecule has 2 aromatic carbocycles. The fourth-order valence-electron chi connectivity index (χ4n) is 4.51. The molecule has 3 atom stereocenters. The predicted molar refractivity (Wildman–Crippen MR) is 110 cm³/mol. The van der Waals surface area contributed by atoms with Crippen LogP contribution in [0.4, 0.5) is 13.2 Å². The van der Waals surface area contributed by atoms with E-state index < -0.39 is 34.4 Å². The lowest BCUT2D eigenvalue weighted by molar-refractivity contribution is -0.151. The molecule has 0 saturated heterocycles. The molecule has 0 amide bonds. The number of alkyl halides is 3. The van der Waals surface area contributed by atoms with Crippen LogP contribution in [0.25, 0.3) is 11.1 Å². The lowest BCUT2D eigenvalue weighted by Gasteiger charge is -2.12. The van der Waals surface area contributed by atoms with Crippen LogP contribution in [0, 0.1) is 17.3 Å². The third-order valence-corrected chi connectivity index (χ3v) is 6.62. The Kier molecular flexibility index (Phi) is 5.21. The summed E-state index contributed by atoms with van der Waals surface area (Å²) in [6.07, 6.45) is -2.75. The van der Waals surface area contributed by atoms with Gasteiger partial charge in [-0.3, -0.25) is 4.79 Å². The third-order valence-electron chi connectivity index (χ3n) is 6.28. The zero-order valence-electron chi connectivity index (χ0n) is 16.7. The van der Waals surface area contributed by atoms with Crippen molar-refractivity contribution in [1.29, 1.82) is 0 Å². The van der Waals surface area contributed by atoms with Gasteiger partial charge >= 0.3 is 12.1 Å². The molecular formula is C24H22ClF3O2. The SMILES string of the molecule is CC1(C)C(/C=C(\Cl)C(F)(F)F)[C@@H]1C(=O)O[C@H]1Cc2cccc(-c3ccccc3)c2C1. The van der Waals surface area contributed by atoms with Crippen molar-refractivity contribution in [3.8, 4) is 11.1 Å². The fourth-order valence-corrected chi connectivity index (χ4v) is 4.65. The maximum Gasteiger partial charge on any atom is 0.426 e. The Labute approximate surface area is 178 Å². The van der Waals surface area contributed by atoms with Crippen LogP contribution >= 0.6 is 11.6 Å². The van der Waals surface area contributed by atoms with Crippen molar-refractivity contribution in [2.24, 2.45) is 17.3 Å². The topological polar surface area (TPSA) is 26.3 Å². The highest BCUT2D eigenvalue weighted by molar-refractivity contribution is 6.30. The molecule has 4 rings (SSSR count). The molecule has 6 heteroatoms. The van der Waals surface area contributed by atoms with E-state index in [4.69, 9.17) is 16.3 Å². The van der Waals surface area contributed by atoms with Crippen molar-refractivity contribution in [1.82, 2.24) is 0 Å². The molecule has 2 nitrogen and oxygen atoms in total. The molecule has 30 heavy (non-hydrogen) atoms. The van der Waals surface area contributed by atoms with Gasteiger partial charge in [0.1, 0.15) is 11.1 Å². The summed E-state index contributed by atoms with van der Waals surface area (Å²) in [6.45, 7) is 3.52. The number of hydrogen-bond acceptors (Lipinski definition) is 2. The summed E-state index contributed by atoms with van der Waals surface area (Å²) < 4.78 is 44.0. The first kappa shape index (κ1) is 21.0. The van der Waals surface area contributed by atoms with Gasteiger partial charge < -0.3 is 4.74 Å². The smallest absolute Gasteiger partial charge is 0.426 e. The minimum absolute atomic E-state index is 0.309. The van der Waals surface area contributed by atoms with Crippen molar-refractivity contribution in [3.63, 3.8) is 0 Å². The number of carbonyl (C=O) groups excluding carboxylic acids is 1.